The van der Waals surface area contributed by atoms with Crippen LogP contribution in [0.15, 0.2) is 4.99 Å². The number of carbonyl (C=O) groups is 1. The van der Waals surface area contributed by atoms with Gasteiger partial charge in [-0.1, -0.05) is 0 Å². The first kappa shape index (κ1) is 6.19. The highest BCUT2D eigenvalue weighted by molar-refractivity contribution is 5.98. The molecule has 3 nitrogen and oxygen atoms in total. The van der Waals surface area contributed by atoms with Crippen molar-refractivity contribution in [3.63, 3.8) is 0 Å². The second-order valence-electron chi connectivity index (χ2n) is 1.47. The summed E-state index contributed by atoms with van der Waals surface area (Å²) in [5, 5.41) is 0. The van der Waals surface area contributed by atoms with Gasteiger partial charge in [0.2, 0.25) is 6.54 Å². The fourth-order valence-electron chi connectivity index (χ4n) is 0.475. The molecule has 1 aliphatic rings. The third kappa shape index (κ3) is 1.25. The number of carbonyl (C=O) groups excluding carboxylic acids is 1. The van der Waals surface area contributed by atoms with Gasteiger partial charge in [-0.25, -0.2) is 9.38 Å². The molecule has 0 aliphatic carbocycles. The Kier molecular flexibility index (Phi) is 1.77. The summed E-state index contributed by atoms with van der Waals surface area (Å²) < 4.78 is 11.5. The molecule has 1 aliphatic heterocycles. The highest BCUT2D eigenvalue weighted by Crippen LogP contribution is 1.98. The fourth-order valence-corrected chi connectivity index (χ4v) is 0.475. The van der Waals surface area contributed by atoms with Crippen LogP contribution in [0.25, 0.3) is 0 Å². The second kappa shape index (κ2) is 2.57. The highest BCUT2D eigenvalue weighted by atomic mass is 19.1. The van der Waals surface area contributed by atoms with Crippen molar-refractivity contribution in [3.8, 4) is 0 Å². The molecule has 0 aromatic heterocycles. The lowest BCUT2D eigenvalue weighted by molar-refractivity contribution is -0.123. The lowest BCUT2D eigenvalue weighted by atomic mass is 10.5. The van der Waals surface area contributed by atoms with E-state index in [1.165, 1.54) is 0 Å². The number of halogens is 1. The summed E-state index contributed by atoms with van der Waals surface area (Å²) in [6.07, 6.45) is 2.26. The zero-order chi connectivity index (χ0) is 6.69. The molecule has 0 fully saturated rings. The van der Waals surface area contributed by atoms with E-state index >= 15 is 0 Å². The minimum Gasteiger partial charge on any atom is -0.289 e. The number of hydrogen-bond donors (Lipinski definition) is 0. The lowest BCUT2D eigenvalue weighted by Gasteiger charge is -2.05. The van der Waals surface area contributed by atoms with Crippen LogP contribution in [0.2, 0.25) is 0 Å². The SMILES string of the molecule is O=C1[C]N=[C]N1CCF. The van der Waals surface area contributed by atoms with Gasteiger partial charge in [-0.05, 0) is 0 Å². The van der Waals surface area contributed by atoms with Crippen LogP contribution in [-0.4, -0.2) is 30.4 Å². The van der Waals surface area contributed by atoms with E-state index in [2.05, 4.69) is 17.9 Å². The van der Waals surface area contributed by atoms with Crippen LogP contribution in [0.4, 0.5) is 4.39 Å². The third-order valence-electron chi connectivity index (χ3n) is 0.876. The monoisotopic (exact) mass is 127 g/mol. The van der Waals surface area contributed by atoms with Gasteiger partial charge < -0.3 is 0 Å². The van der Waals surface area contributed by atoms with Crippen molar-refractivity contribution in [1.29, 1.82) is 0 Å². The summed E-state index contributed by atoms with van der Waals surface area (Å²) >= 11 is 0. The van der Waals surface area contributed by atoms with E-state index in [9.17, 15) is 9.18 Å². The molecule has 0 aromatic rings. The van der Waals surface area contributed by atoms with Crippen LogP contribution in [0, 0.1) is 6.54 Å². The first-order chi connectivity index (χ1) is 4.34. The zero-order valence-corrected chi connectivity index (χ0v) is 4.59. The van der Waals surface area contributed by atoms with Crippen LogP contribution >= 0.6 is 0 Å². The van der Waals surface area contributed by atoms with Gasteiger partial charge in [0.15, 0.2) is 6.34 Å². The van der Waals surface area contributed by atoms with Crippen molar-refractivity contribution in [1.82, 2.24) is 4.90 Å². The van der Waals surface area contributed by atoms with Gasteiger partial charge in [-0.3, -0.25) is 9.69 Å². The summed E-state index contributed by atoms with van der Waals surface area (Å²) in [5.74, 6) is -0.423. The molecule has 0 aromatic carbocycles. The molecule has 0 saturated carbocycles. The van der Waals surface area contributed by atoms with Gasteiger partial charge in [0, 0.05) is 0 Å². The Labute approximate surface area is 52.2 Å². The summed E-state index contributed by atoms with van der Waals surface area (Å²) in [7, 11) is 0. The number of amides is 1. The zero-order valence-electron chi connectivity index (χ0n) is 4.59. The van der Waals surface area contributed by atoms with Gasteiger partial charge in [0.05, 0.1) is 6.54 Å². The van der Waals surface area contributed by atoms with E-state index in [0.29, 0.717) is 0 Å². The Hall–Kier alpha value is -0.930. The molecule has 3 radical (unpaired) electrons. The van der Waals surface area contributed by atoms with Crippen molar-refractivity contribution < 1.29 is 9.18 Å². The number of nitrogens with zero attached hydrogens (tertiary/aromatic N) is 2. The first-order valence-corrected chi connectivity index (χ1v) is 2.43. The molecular weight excluding hydrogens is 123 g/mol. The molecule has 9 heavy (non-hydrogen) atoms. The number of alkyl halides is 1. The Bertz CT molecular complexity index is 146. The molecule has 0 atom stereocenters. The molecule has 47 valence electrons. The lowest BCUT2D eigenvalue weighted by Crippen LogP contribution is -2.26. The molecular formula is C5H4FN2O. The Morgan fingerprint density at radius 3 is 3.00 bits per heavy atom. The van der Waals surface area contributed by atoms with E-state index < -0.39 is 12.6 Å². The second-order valence-corrected chi connectivity index (χ2v) is 1.47. The molecule has 0 unspecified atom stereocenters. The maximum absolute atomic E-state index is 11.5. The predicted molar refractivity (Wildman–Crippen MR) is 28.4 cm³/mol. The van der Waals surface area contributed by atoms with E-state index in [-0.39, 0.29) is 6.54 Å². The molecule has 0 saturated heterocycles. The maximum Gasteiger partial charge on any atom is 0.262 e. The average molecular weight is 127 g/mol. The van der Waals surface area contributed by atoms with E-state index in [4.69, 9.17) is 0 Å². The minimum absolute atomic E-state index is 0.0231. The molecule has 4 heteroatoms. The molecule has 0 N–H and O–H groups in total. The molecule has 1 rings (SSSR count). The topological polar surface area (TPSA) is 32.7 Å². The summed E-state index contributed by atoms with van der Waals surface area (Å²) in [5.41, 5.74) is 0. The van der Waals surface area contributed by atoms with Crippen LogP contribution in [0.5, 0.6) is 0 Å². The van der Waals surface area contributed by atoms with Crippen LogP contribution < -0.4 is 0 Å². The maximum atomic E-state index is 11.5. The Morgan fingerprint density at radius 2 is 2.56 bits per heavy atom. The molecule has 1 amide bonds. The highest BCUT2D eigenvalue weighted by Gasteiger charge is 2.17. The quantitative estimate of drug-likeness (QED) is 0.503. The Morgan fingerprint density at radius 1 is 1.78 bits per heavy atom. The van der Waals surface area contributed by atoms with Crippen molar-refractivity contribution in [3.05, 3.63) is 6.54 Å². The fraction of sp³-hybridized carbons (Fsp3) is 0.400. The van der Waals surface area contributed by atoms with Crippen LogP contribution in [0.3, 0.4) is 0 Å². The molecule has 1 heterocycles. The first-order valence-electron chi connectivity index (χ1n) is 2.43. The van der Waals surface area contributed by atoms with Crippen molar-refractivity contribution in [2.45, 2.75) is 0 Å². The molecule has 0 spiro atoms. The standard InChI is InChI=1S/C5H4FN2O/c6-1-2-8-4-7-3-5(8)9/h1-2H2. The van der Waals surface area contributed by atoms with Crippen LogP contribution in [0.1, 0.15) is 0 Å². The van der Waals surface area contributed by atoms with Crippen molar-refractivity contribution >= 4 is 12.2 Å². The van der Waals surface area contributed by atoms with Gasteiger partial charge in [-0.15, -0.1) is 0 Å². The van der Waals surface area contributed by atoms with Gasteiger partial charge >= 0.3 is 0 Å². The van der Waals surface area contributed by atoms with Crippen LogP contribution in [-0.2, 0) is 4.79 Å². The summed E-state index contributed by atoms with van der Waals surface area (Å²) in [6, 6.07) is 0. The van der Waals surface area contributed by atoms with Gasteiger partial charge in [0.1, 0.15) is 6.67 Å². The largest absolute Gasteiger partial charge is 0.289 e. The number of hydrogen-bond acceptors (Lipinski definition) is 2. The van der Waals surface area contributed by atoms with E-state index in [1.54, 1.807) is 0 Å². The van der Waals surface area contributed by atoms with Crippen molar-refractivity contribution in [2.75, 3.05) is 13.2 Å². The van der Waals surface area contributed by atoms with E-state index in [0.717, 1.165) is 4.90 Å². The minimum atomic E-state index is -0.573. The predicted octanol–water partition coefficient (Wildman–Crippen LogP) is -0.258. The average Bonchev–Trinajstić information content (AvgIpc) is 2.18. The van der Waals surface area contributed by atoms with Gasteiger partial charge in [-0.2, -0.15) is 0 Å². The normalized spacial score (nSPS) is 17.4. The number of aliphatic imine (C=N–C) groups is 1. The Balaban J connectivity index is 2.40. The summed E-state index contributed by atoms with van der Waals surface area (Å²) in [4.78, 5) is 14.8. The van der Waals surface area contributed by atoms with Crippen molar-refractivity contribution in [2.24, 2.45) is 4.99 Å². The van der Waals surface area contributed by atoms with E-state index in [1.807, 2.05) is 0 Å². The smallest absolute Gasteiger partial charge is 0.262 e. The molecule has 0 bridgehead atoms. The van der Waals surface area contributed by atoms with Gasteiger partial charge in [0.25, 0.3) is 5.91 Å². The number of rotatable bonds is 2. The third-order valence-corrected chi connectivity index (χ3v) is 0.876. The summed E-state index contributed by atoms with van der Waals surface area (Å²) in [6.45, 7) is 1.54.